The second-order valence-corrected chi connectivity index (χ2v) is 6.97. The summed E-state index contributed by atoms with van der Waals surface area (Å²) in [5, 5.41) is 11.2. The van der Waals surface area contributed by atoms with Gasteiger partial charge in [-0.25, -0.2) is 0 Å². The van der Waals surface area contributed by atoms with E-state index >= 15 is 0 Å². The lowest BCUT2D eigenvalue weighted by Crippen LogP contribution is -2.32. The minimum Gasteiger partial charge on any atom is -0.350 e. The van der Waals surface area contributed by atoms with Crippen molar-refractivity contribution in [2.45, 2.75) is 26.4 Å². The van der Waals surface area contributed by atoms with Gasteiger partial charge in [-0.05, 0) is 36.8 Å². The molecule has 3 heterocycles. The highest BCUT2D eigenvalue weighted by atomic mass is 16.2. The van der Waals surface area contributed by atoms with Crippen molar-refractivity contribution in [2.24, 2.45) is 5.92 Å². The highest BCUT2D eigenvalue weighted by molar-refractivity contribution is 5.89. The second kappa shape index (κ2) is 7.19. The lowest BCUT2D eigenvalue weighted by molar-refractivity contribution is -0.129. The molecule has 2 aromatic heterocycles. The van der Waals surface area contributed by atoms with Crippen LogP contribution in [0.5, 0.6) is 0 Å². The lowest BCUT2D eigenvalue weighted by Gasteiger charge is -2.16. The molecule has 1 aliphatic rings. The van der Waals surface area contributed by atoms with Gasteiger partial charge >= 0.3 is 0 Å². The van der Waals surface area contributed by atoms with Crippen LogP contribution in [0, 0.1) is 12.8 Å². The molecule has 7 heteroatoms. The van der Waals surface area contributed by atoms with Crippen molar-refractivity contribution in [3.8, 4) is 0 Å². The molecular formula is C20H21N5O2. The molecule has 0 aliphatic carbocycles. The minimum absolute atomic E-state index is 0.00887. The van der Waals surface area contributed by atoms with Crippen molar-refractivity contribution in [1.82, 2.24) is 25.4 Å². The summed E-state index contributed by atoms with van der Waals surface area (Å²) in [5.41, 5.74) is 3.91. The third-order valence-electron chi connectivity index (χ3n) is 4.94. The standard InChI is InChI=1S/C20H21N5O2/c1-13-2-3-17-16(8-13)18(24-23-17)10-22-20(27)15-9-19(26)25(12-15)11-14-4-6-21-7-5-14/h2-8,15H,9-12H2,1H3,(H,22,27)(H,23,24)/t15-/m1/s1. The molecule has 1 aromatic carbocycles. The van der Waals surface area contributed by atoms with Crippen molar-refractivity contribution in [3.63, 3.8) is 0 Å². The van der Waals surface area contributed by atoms with Gasteiger partial charge in [0.15, 0.2) is 0 Å². The minimum atomic E-state index is -0.324. The third kappa shape index (κ3) is 3.67. The van der Waals surface area contributed by atoms with Crippen LogP contribution in [0.3, 0.4) is 0 Å². The topological polar surface area (TPSA) is 91.0 Å². The van der Waals surface area contributed by atoms with Crippen LogP contribution in [0.1, 0.15) is 23.2 Å². The van der Waals surface area contributed by atoms with E-state index in [1.54, 1.807) is 17.3 Å². The van der Waals surface area contributed by atoms with Gasteiger partial charge in [0.05, 0.1) is 23.7 Å². The number of carbonyl (C=O) groups is 2. The summed E-state index contributed by atoms with van der Waals surface area (Å²) in [4.78, 5) is 30.5. The van der Waals surface area contributed by atoms with Gasteiger partial charge in [0.25, 0.3) is 0 Å². The number of amides is 2. The van der Waals surface area contributed by atoms with Crippen molar-refractivity contribution in [2.75, 3.05) is 6.54 Å². The number of hydrogen-bond donors (Lipinski definition) is 2. The average Bonchev–Trinajstić information content (AvgIpc) is 3.24. The van der Waals surface area contributed by atoms with Gasteiger partial charge in [-0.2, -0.15) is 5.10 Å². The third-order valence-corrected chi connectivity index (χ3v) is 4.94. The smallest absolute Gasteiger partial charge is 0.225 e. The highest BCUT2D eigenvalue weighted by Crippen LogP contribution is 2.21. The van der Waals surface area contributed by atoms with E-state index in [9.17, 15) is 9.59 Å². The molecule has 1 saturated heterocycles. The number of pyridine rings is 1. The summed E-state index contributed by atoms with van der Waals surface area (Å²) in [6, 6.07) is 9.78. The Bertz CT molecular complexity index is 982. The van der Waals surface area contributed by atoms with E-state index < -0.39 is 0 Å². The molecule has 1 aliphatic heterocycles. The fourth-order valence-corrected chi connectivity index (χ4v) is 3.44. The number of H-pyrrole nitrogens is 1. The van der Waals surface area contributed by atoms with Gasteiger partial charge in [-0.3, -0.25) is 19.7 Å². The van der Waals surface area contributed by atoms with E-state index in [0.29, 0.717) is 19.6 Å². The van der Waals surface area contributed by atoms with E-state index in [1.165, 1.54) is 0 Å². The molecule has 2 amide bonds. The molecular weight excluding hydrogens is 342 g/mol. The van der Waals surface area contributed by atoms with Crippen LogP contribution in [0.4, 0.5) is 0 Å². The van der Waals surface area contributed by atoms with E-state index in [-0.39, 0.29) is 24.2 Å². The van der Waals surface area contributed by atoms with E-state index in [0.717, 1.165) is 27.7 Å². The van der Waals surface area contributed by atoms with Crippen LogP contribution in [0.2, 0.25) is 0 Å². The zero-order valence-corrected chi connectivity index (χ0v) is 15.1. The Morgan fingerprint density at radius 3 is 2.93 bits per heavy atom. The number of likely N-dealkylation sites (tertiary alicyclic amines) is 1. The molecule has 0 unspecified atom stereocenters. The van der Waals surface area contributed by atoms with Gasteiger partial charge in [0, 0.05) is 37.3 Å². The Kier molecular flexibility index (Phi) is 4.58. The molecule has 138 valence electrons. The molecule has 1 fully saturated rings. The first-order chi connectivity index (χ1) is 13.1. The van der Waals surface area contributed by atoms with Gasteiger partial charge in [0.1, 0.15) is 0 Å². The highest BCUT2D eigenvalue weighted by Gasteiger charge is 2.34. The first-order valence-corrected chi connectivity index (χ1v) is 8.98. The molecule has 27 heavy (non-hydrogen) atoms. The van der Waals surface area contributed by atoms with Crippen molar-refractivity contribution < 1.29 is 9.59 Å². The maximum atomic E-state index is 12.6. The van der Waals surface area contributed by atoms with E-state index in [2.05, 4.69) is 26.6 Å². The second-order valence-electron chi connectivity index (χ2n) is 6.97. The van der Waals surface area contributed by atoms with Crippen LogP contribution in [0.15, 0.2) is 42.7 Å². The number of aromatic nitrogens is 3. The number of fused-ring (bicyclic) bond motifs is 1. The Labute approximate surface area is 156 Å². The van der Waals surface area contributed by atoms with Crippen LogP contribution in [-0.4, -0.2) is 38.4 Å². The number of carbonyl (C=O) groups excluding carboxylic acids is 2. The predicted octanol–water partition coefficient (Wildman–Crippen LogP) is 1.93. The maximum absolute atomic E-state index is 12.6. The van der Waals surface area contributed by atoms with Crippen LogP contribution in [-0.2, 0) is 22.7 Å². The molecule has 7 nitrogen and oxygen atoms in total. The average molecular weight is 363 g/mol. The van der Waals surface area contributed by atoms with Gasteiger partial charge in [-0.15, -0.1) is 0 Å². The molecule has 1 atom stereocenters. The molecule has 0 saturated carbocycles. The quantitative estimate of drug-likeness (QED) is 0.725. The number of rotatable bonds is 5. The SMILES string of the molecule is Cc1ccc2n[nH]c(CNC(=O)[C@@H]3CC(=O)N(Cc4ccncc4)C3)c2c1. The summed E-state index contributed by atoms with van der Waals surface area (Å²) in [5.74, 6) is -0.416. The Morgan fingerprint density at radius 2 is 2.11 bits per heavy atom. The number of aromatic amines is 1. The number of hydrogen-bond acceptors (Lipinski definition) is 4. The van der Waals surface area contributed by atoms with Crippen molar-refractivity contribution in [1.29, 1.82) is 0 Å². The van der Waals surface area contributed by atoms with E-state index in [4.69, 9.17) is 0 Å². The first kappa shape index (κ1) is 17.2. The number of aryl methyl sites for hydroxylation is 1. The van der Waals surface area contributed by atoms with Crippen LogP contribution < -0.4 is 5.32 Å². The zero-order chi connectivity index (χ0) is 18.8. The van der Waals surface area contributed by atoms with Crippen molar-refractivity contribution in [3.05, 3.63) is 59.5 Å². The number of nitrogens with one attached hydrogen (secondary N) is 2. The predicted molar refractivity (Wildman–Crippen MR) is 100 cm³/mol. The molecule has 0 bridgehead atoms. The normalized spacial score (nSPS) is 16.9. The first-order valence-electron chi connectivity index (χ1n) is 8.98. The van der Waals surface area contributed by atoms with Gasteiger partial charge in [0.2, 0.25) is 11.8 Å². The zero-order valence-electron chi connectivity index (χ0n) is 15.1. The van der Waals surface area contributed by atoms with Crippen LogP contribution >= 0.6 is 0 Å². The van der Waals surface area contributed by atoms with E-state index in [1.807, 2.05) is 31.2 Å². The fraction of sp³-hybridized carbons (Fsp3) is 0.300. The van der Waals surface area contributed by atoms with Gasteiger partial charge < -0.3 is 10.2 Å². The fourth-order valence-electron chi connectivity index (χ4n) is 3.44. The largest absolute Gasteiger partial charge is 0.350 e. The Balaban J connectivity index is 1.37. The number of benzene rings is 1. The van der Waals surface area contributed by atoms with Crippen LogP contribution in [0.25, 0.3) is 10.9 Å². The lowest BCUT2D eigenvalue weighted by atomic mass is 10.1. The molecule has 4 rings (SSSR count). The Hall–Kier alpha value is -3.22. The summed E-state index contributed by atoms with van der Waals surface area (Å²) >= 11 is 0. The maximum Gasteiger partial charge on any atom is 0.225 e. The molecule has 2 N–H and O–H groups in total. The summed E-state index contributed by atoms with van der Waals surface area (Å²) in [6.07, 6.45) is 3.66. The number of nitrogens with zero attached hydrogens (tertiary/aromatic N) is 3. The summed E-state index contributed by atoms with van der Waals surface area (Å²) < 4.78 is 0. The summed E-state index contributed by atoms with van der Waals surface area (Å²) in [6.45, 7) is 3.34. The van der Waals surface area contributed by atoms with Gasteiger partial charge in [-0.1, -0.05) is 11.6 Å². The molecule has 0 spiro atoms. The summed E-state index contributed by atoms with van der Waals surface area (Å²) in [7, 11) is 0. The monoisotopic (exact) mass is 363 g/mol. The molecule has 0 radical (unpaired) electrons. The molecule has 3 aromatic rings. The van der Waals surface area contributed by atoms with Crippen molar-refractivity contribution >= 4 is 22.7 Å². The Morgan fingerprint density at radius 1 is 1.30 bits per heavy atom.